The predicted octanol–water partition coefficient (Wildman–Crippen LogP) is 2.23. The molecule has 2 N–H and O–H groups in total. The summed E-state index contributed by atoms with van der Waals surface area (Å²) in [7, 11) is 0. The minimum absolute atomic E-state index is 0.163. The van der Waals surface area contributed by atoms with Gasteiger partial charge in [0.05, 0.1) is 0 Å². The van der Waals surface area contributed by atoms with E-state index in [2.05, 4.69) is 10.6 Å². The summed E-state index contributed by atoms with van der Waals surface area (Å²) >= 11 is 5.84. The lowest BCUT2D eigenvalue weighted by molar-refractivity contribution is 0.0927. The third-order valence-corrected chi connectivity index (χ3v) is 3.65. The zero-order chi connectivity index (χ0) is 16.9. The summed E-state index contributed by atoms with van der Waals surface area (Å²) in [5, 5.41) is 5.95. The van der Waals surface area contributed by atoms with Crippen LogP contribution in [0, 0.1) is 0 Å². The molecule has 0 aromatic heterocycles. The highest BCUT2D eigenvalue weighted by molar-refractivity contribution is 6.30. The van der Waals surface area contributed by atoms with Crippen LogP contribution >= 0.6 is 11.6 Å². The predicted molar refractivity (Wildman–Crippen MR) is 88.7 cm³/mol. The van der Waals surface area contributed by atoms with Crippen molar-refractivity contribution in [1.82, 2.24) is 10.6 Å². The van der Waals surface area contributed by atoms with Gasteiger partial charge >= 0.3 is 0 Å². The van der Waals surface area contributed by atoms with Crippen LogP contribution in [0.5, 0.6) is 11.5 Å². The van der Waals surface area contributed by atoms with Crippen molar-refractivity contribution < 1.29 is 19.1 Å². The molecule has 0 saturated carbocycles. The van der Waals surface area contributed by atoms with E-state index in [1.165, 1.54) is 0 Å². The van der Waals surface area contributed by atoms with Crippen molar-refractivity contribution in [3.05, 3.63) is 58.6 Å². The fourth-order valence-corrected chi connectivity index (χ4v) is 2.41. The quantitative estimate of drug-likeness (QED) is 0.814. The van der Waals surface area contributed by atoms with Gasteiger partial charge in [-0.2, -0.15) is 0 Å². The van der Waals surface area contributed by atoms with Crippen molar-refractivity contribution in [3.8, 4) is 11.5 Å². The number of hydrogen-bond donors (Lipinski definition) is 2. The number of ether oxygens (including phenoxy) is 2. The average molecular weight is 347 g/mol. The summed E-state index contributed by atoms with van der Waals surface area (Å²) in [5.41, 5.74) is 0.949. The third-order valence-electron chi connectivity index (χ3n) is 3.42. The Morgan fingerprint density at radius 1 is 0.917 bits per heavy atom. The fourth-order valence-electron chi connectivity index (χ4n) is 2.22. The molecule has 0 bridgehead atoms. The minimum Gasteiger partial charge on any atom is -0.454 e. The van der Waals surface area contributed by atoms with Crippen molar-refractivity contribution in [2.24, 2.45) is 0 Å². The second-order valence-electron chi connectivity index (χ2n) is 5.09. The molecule has 0 aliphatic carbocycles. The molecule has 2 amide bonds. The van der Waals surface area contributed by atoms with Crippen LogP contribution in [0.25, 0.3) is 0 Å². The van der Waals surface area contributed by atoms with E-state index < -0.39 is 0 Å². The number of halogens is 1. The van der Waals surface area contributed by atoms with Crippen LogP contribution in [-0.4, -0.2) is 31.7 Å². The Kier molecular flexibility index (Phi) is 4.86. The molecule has 0 radical (unpaired) electrons. The lowest BCUT2D eigenvalue weighted by atomic mass is 10.2. The first-order chi connectivity index (χ1) is 11.6. The number of fused-ring (bicyclic) bond motifs is 1. The Morgan fingerprint density at radius 2 is 1.58 bits per heavy atom. The van der Waals surface area contributed by atoms with Gasteiger partial charge in [0.2, 0.25) is 6.79 Å². The molecule has 0 saturated heterocycles. The lowest BCUT2D eigenvalue weighted by Gasteiger charge is -2.08. The molecular formula is C17H15ClN2O4. The fraction of sp³-hybridized carbons (Fsp3) is 0.176. The van der Waals surface area contributed by atoms with Crippen molar-refractivity contribution in [2.45, 2.75) is 0 Å². The smallest absolute Gasteiger partial charge is 0.251 e. The lowest BCUT2D eigenvalue weighted by Crippen LogP contribution is -2.34. The van der Waals surface area contributed by atoms with Gasteiger partial charge in [-0.15, -0.1) is 0 Å². The maximum Gasteiger partial charge on any atom is 0.251 e. The Labute approximate surface area is 143 Å². The molecule has 6 nitrogen and oxygen atoms in total. The number of amides is 2. The van der Waals surface area contributed by atoms with E-state index in [9.17, 15) is 9.59 Å². The van der Waals surface area contributed by atoms with Gasteiger partial charge in [0, 0.05) is 29.2 Å². The molecule has 124 valence electrons. The zero-order valence-corrected chi connectivity index (χ0v) is 13.4. The van der Waals surface area contributed by atoms with Gasteiger partial charge in [-0.25, -0.2) is 0 Å². The number of nitrogens with one attached hydrogen (secondary N) is 2. The van der Waals surface area contributed by atoms with E-state index >= 15 is 0 Å². The summed E-state index contributed by atoms with van der Waals surface area (Å²) in [6.07, 6.45) is 0. The van der Waals surface area contributed by atoms with Crippen molar-refractivity contribution in [2.75, 3.05) is 19.9 Å². The highest BCUT2D eigenvalue weighted by Crippen LogP contribution is 2.32. The molecule has 1 heterocycles. The van der Waals surface area contributed by atoms with Crippen LogP contribution in [0.4, 0.5) is 0 Å². The van der Waals surface area contributed by atoms with Gasteiger partial charge in [0.25, 0.3) is 11.8 Å². The number of hydrogen-bond acceptors (Lipinski definition) is 4. The molecule has 1 aliphatic rings. The van der Waals surface area contributed by atoms with Crippen molar-refractivity contribution >= 4 is 23.4 Å². The van der Waals surface area contributed by atoms with E-state index in [0.29, 0.717) is 40.7 Å². The number of rotatable bonds is 5. The van der Waals surface area contributed by atoms with Crippen LogP contribution in [-0.2, 0) is 0 Å². The van der Waals surface area contributed by atoms with E-state index in [4.69, 9.17) is 21.1 Å². The van der Waals surface area contributed by atoms with Crippen molar-refractivity contribution in [1.29, 1.82) is 0 Å². The molecule has 0 spiro atoms. The largest absolute Gasteiger partial charge is 0.454 e. The van der Waals surface area contributed by atoms with Crippen molar-refractivity contribution in [3.63, 3.8) is 0 Å². The normalized spacial score (nSPS) is 11.9. The molecule has 2 aromatic rings. The SMILES string of the molecule is O=C(NCCNC(=O)c1ccc2c(c1)OCO2)c1cccc(Cl)c1. The van der Waals surface area contributed by atoms with Crippen LogP contribution in [0.15, 0.2) is 42.5 Å². The summed E-state index contributed by atoms with van der Waals surface area (Å²) in [4.78, 5) is 24.0. The van der Waals surface area contributed by atoms with E-state index in [0.717, 1.165) is 0 Å². The zero-order valence-electron chi connectivity index (χ0n) is 12.7. The van der Waals surface area contributed by atoms with Crippen LogP contribution in [0.2, 0.25) is 5.02 Å². The number of benzene rings is 2. The first-order valence-electron chi connectivity index (χ1n) is 7.35. The van der Waals surface area contributed by atoms with Gasteiger partial charge in [-0.3, -0.25) is 9.59 Å². The van der Waals surface area contributed by atoms with Gasteiger partial charge in [0.1, 0.15) is 0 Å². The van der Waals surface area contributed by atoms with Gasteiger partial charge in [0.15, 0.2) is 11.5 Å². The standard InChI is InChI=1S/C17H15ClN2O4/c18-13-3-1-2-11(8-13)16(21)19-6-7-20-17(22)12-4-5-14-15(9-12)24-10-23-14/h1-5,8-9H,6-7,10H2,(H,19,21)(H,20,22). The van der Waals surface area contributed by atoms with Gasteiger partial charge in [-0.05, 0) is 36.4 Å². The van der Waals surface area contributed by atoms with Crippen LogP contribution in [0.3, 0.4) is 0 Å². The average Bonchev–Trinajstić information content (AvgIpc) is 3.06. The van der Waals surface area contributed by atoms with E-state index in [-0.39, 0.29) is 18.6 Å². The Bertz CT molecular complexity index is 779. The molecule has 2 aromatic carbocycles. The summed E-state index contributed by atoms with van der Waals surface area (Å²) in [6.45, 7) is 0.775. The first-order valence-corrected chi connectivity index (χ1v) is 7.73. The summed E-state index contributed by atoms with van der Waals surface area (Å²) in [6, 6.07) is 11.6. The monoisotopic (exact) mass is 346 g/mol. The number of carbonyl (C=O) groups excluding carboxylic acids is 2. The topological polar surface area (TPSA) is 76.7 Å². The van der Waals surface area contributed by atoms with Gasteiger partial charge in [-0.1, -0.05) is 17.7 Å². The molecule has 7 heteroatoms. The van der Waals surface area contributed by atoms with E-state index in [1.54, 1.807) is 42.5 Å². The molecule has 0 atom stereocenters. The van der Waals surface area contributed by atoms with Gasteiger partial charge < -0.3 is 20.1 Å². The Balaban J connectivity index is 1.46. The summed E-state index contributed by atoms with van der Waals surface area (Å²) < 4.78 is 10.4. The molecule has 24 heavy (non-hydrogen) atoms. The highest BCUT2D eigenvalue weighted by atomic mass is 35.5. The minimum atomic E-state index is -0.245. The maximum atomic E-state index is 12.1. The summed E-state index contributed by atoms with van der Waals surface area (Å²) in [5.74, 6) is 0.692. The van der Waals surface area contributed by atoms with E-state index in [1.807, 2.05) is 0 Å². The Hall–Kier alpha value is -2.73. The maximum absolute atomic E-state index is 12.1. The second-order valence-corrected chi connectivity index (χ2v) is 5.53. The third kappa shape index (κ3) is 3.78. The number of carbonyl (C=O) groups is 2. The first kappa shape index (κ1) is 16.1. The Morgan fingerprint density at radius 3 is 2.29 bits per heavy atom. The van der Waals surface area contributed by atoms with Crippen LogP contribution < -0.4 is 20.1 Å². The molecule has 0 fully saturated rings. The molecule has 0 unspecified atom stereocenters. The second kappa shape index (κ2) is 7.23. The molecule has 1 aliphatic heterocycles. The van der Waals surface area contributed by atoms with Crippen LogP contribution in [0.1, 0.15) is 20.7 Å². The molecule has 3 rings (SSSR count). The highest BCUT2D eigenvalue weighted by Gasteiger charge is 2.16. The molecular weight excluding hydrogens is 332 g/mol.